The summed E-state index contributed by atoms with van der Waals surface area (Å²) in [6.45, 7) is 2.20. The molecule has 98 valence electrons. The number of benzene rings is 2. The van der Waals surface area contributed by atoms with Crippen molar-refractivity contribution in [1.29, 1.82) is 0 Å². The van der Waals surface area contributed by atoms with Crippen molar-refractivity contribution in [2.24, 2.45) is 5.73 Å². The van der Waals surface area contributed by atoms with E-state index in [0.29, 0.717) is 6.54 Å². The number of nitrogens with two attached hydrogens (primary N) is 1. The molecule has 2 aromatic rings. The Kier molecular flexibility index (Phi) is 3.32. The van der Waals surface area contributed by atoms with Crippen LogP contribution in [0, 0.1) is 5.82 Å². The van der Waals surface area contributed by atoms with Crippen LogP contribution in [0.1, 0.15) is 22.7 Å². The SMILES string of the molecule is NCC1c2cc(F)ccc2CN1Cc1ccccc1. The molecule has 0 aliphatic carbocycles. The van der Waals surface area contributed by atoms with Crippen LogP contribution in [0.4, 0.5) is 4.39 Å². The summed E-state index contributed by atoms with van der Waals surface area (Å²) in [6, 6.07) is 15.4. The zero-order valence-corrected chi connectivity index (χ0v) is 10.7. The summed E-state index contributed by atoms with van der Waals surface area (Å²) < 4.78 is 13.4. The summed E-state index contributed by atoms with van der Waals surface area (Å²) in [4.78, 5) is 2.31. The second-order valence-corrected chi connectivity index (χ2v) is 4.99. The van der Waals surface area contributed by atoms with Crippen LogP contribution in [0.2, 0.25) is 0 Å². The first-order valence-electron chi connectivity index (χ1n) is 6.54. The summed E-state index contributed by atoms with van der Waals surface area (Å²) >= 11 is 0. The zero-order valence-electron chi connectivity index (χ0n) is 10.7. The van der Waals surface area contributed by atoms with Crippen molar-refractivity contribution in [3.8, 4) is 0 Å². The van der Waals surface area contributed by atoms with Gasteiger partial charge in [-0.25, -0.2) is 4.39 Å². The number of rotatable bonds is 3. The summed E-state index contributed by atoms with van der Waals surface area (Å²) in [5.41, 5.74) is 9.37. The highest BCUT2D eigenvalue weighted by Gasteiger charge is 2.29. The van der Waals surface area contributed by atoms with Gasteiger partial charge in [-0.05, 0) is 28.8 Å². The average Bonchev–Trinajstić information content (AvgIpc) is 2.76. The molecule has 0 aromatic heterocycles. The fraction of sp³-hybridized carbons (Fsp3) is 0.250. The van der Waals surface area contributed by atoms with Crippen molar-refractivity contribution in [3.63, 3.8) is 0 Å². The van der Waals surface area contributed by atoms with Crippen LogP contribution in [0.5, 0.6) is 0 Å². The van der Waals surface area contributed by atoms with Crippen LogP contribution in [0.15, 0.2) is 48.5 Å². The molecule has 3 heteroatoms. The molecule has 1 aliphatic heterocycles. The lowest BCUT2D eigenvalue weighted by Gasteiger charge is -2.23. The van der Waals surface area contributed by atoms with Crippen molar-refractivity contribution in [1.82, 2.24) is 4.90 Å². The number of fused-ring (bicyclic) bond motifs is 1. The molecule has 0 fully saturated rings. The lowest BCUT2D eigenvalue weighted by molar-refractivity contribution is 0.211. The van der Waals surface area contributed by atoms with Crippen LogP contribution in [-0.4, -0.2) is 11.4 Å². The molecule has 3 rings (SSSR count). The van der Waals surface area contributed by atoms with E-state index in [2.05, 4.69) is 17.0 Å². The third-order valence-corrected chi connectivity index (χ3v) is 3.73. The lowest BCUT2D eigenvalue weighted by atomic mass is 10.0. The molecule has 0 saturated carbocycles. The highest BCUT2D eigenvalue weighted by molar-refractivity contribution is 5.35. The van der Waals surface area contributed by atoms with Gasteiger partial charge >= 0.3 is 0 Å². The molecule has 1 heterocycles. The van der Waals surface area contributed by atoms with Gasteiger partial charge in [0.15, 0.2) is 0 Å². The van der Waals surface area contributed by atoms with Crippen molar-refractivity contribution in [2.45, 2.75) is 19.1 Å². The smallest absolute Gasteiger partial charge is 0.123 e. The second-order valence-electron chi connectivity index (χ2n) is 4.99. The molecular weight excluding hydrogens is 239 g/mol. The lowest BCUT2D eigenvalue weighted by Crippen LogP contribution is -2.27. The van der Waals surface area contributed by atoms with Gasteiger partial charge in [-0.15, -0.1) is 0 Å². The molecule has 0 spiro atoms. The van der Waals surface area contributed by atoms with Gasteiger partial charge in [0.05, 0.1) is 0 Å². The minimum absolute atomic E-state index is 0.117. The van der Waals surface area contributed by atoms with Gasteiger partial charge in [-0.2, -0.15) is 0 Å². The van der Waals surface area contributed by atoms with E-state index in [4.69, 9.17) is 5.73 Å². The molecule has 2 N–H and O–H groups in total. The van der Waals surface area contributed by atoms with E-state index in [9.17, 15) is 4.39 Å². The first-order valence-corrected chi connectivity index (χ1v) is 6.54. The van der Waals surface area contributed by atoms with E-state index in [0.717, 1.165) is 18.7 Å². The third-order valence-electron chi connectivity index (χ3n) is 3.73. The van der Waals surface area contributed by atoms with E-state index in [-0.39, 0.29) is 11.9 Å². The molecule has 1 aliphatic rings. The first kappa shape index (κ1) is 12.3. The van der Waals surface area contributed by atoms with E-state index in [1.54, 1.807) is 6.07 Å². The number of hydrogen-bond donors (Lipinski definition) is 1. The second kappa shape index (κ2) is 5.11. The van der Waals surface area contributed by atoms with Gasteiger partial charge in [-0.3, -0.25) is 4.90 Å². The van der Waals surface area contributed by atoms with Crippen LogP contribution >= 0.6 is 0 Å². The van der Waals surface area contributed by atoms with Gasteiger partial charge in [-0.1, -0.05) is 36.4 Å². The molecule has 0 amide bonds. The van der Waals surface area contributed by atoms with Crippen LogP contribution in [0.3, 0.4) is 0 Å². The molecule has 1 atom stereocenters. The number of nitrogens with zero attached hydrogens (tertiary/aromatic N) is 1. The van der Waals surface area contributed by atoms with Crippen LogP contribution in [0.25, 0.3) is 0 Å². The predicted octanol–water partition coefficient (Wildman–Crippen LogP) is 2.84. The highest BCUT2D eigenvalue weighted by atomic mass is 19.1. The van der Waals surface area contributed by atoms with E-state index in [1.165, 1.54) is 17.2 Å². The molecule has 2 nitrogen and oxygen atoms in total. The Bertz CT molecular complexity index is 568. The van der Waals surface area contributed by atoms with E-state index >= 15 is 0 Å². The fourth-order valence-corrected chi connectivity index (χ4v) is 2.81. The average molecular weight is 256 g/mol. The summed E-state index contributed by atoms with van der Waals surface area (Å²) in [6.07, 6.45) is 0. The topological polar surface area (TPSA) is 29.3 Å². The Hall–Kier alpha value is -1.71. The minimum Gasteiger partial charge on any atom is -0.329 e. The van der Waals surface area contributed by atoms with Gasteiger partial charge in [0.25, 0.3) is 0 Å². The van der Waals surface area contributed by atoms with Gasteiger partial charge in [0.2, 0.25) is 0 Å². The Morgan fingerprint density at radius 3 is 2.68 bits per heavy atom. The van der Waals surface area contributed by atoms with Crippen molar-refractivity contribution in [2.75, 3.05) is 6.54 Å². The van der Waals surface area contributed by atoms with E-state index in [1.807, 2.05) is 24.3 Å². The maximum atomic E-state index is 13.4. The first-order chi connectivity index (χ1) is 9.28. The molecule has 1 unspecified atom stereocenters. The minimum atomic E-state index is -0.182. The number of hydrogen-bond acceptors (Lipinski definition) is 2. The third kappa shape index (κ3) is 2.39. The van der Waals surface area contributed by atoms with E-state index < -0.39 is 0 Å². The van der Waals surface area contributed by atoms with Gasteiger partial charge < -0.3 is 5.73 Å². The Balaban J connectivity index is 1.85. The van der Waals surface area contributed by atoms with Gasteiger partial charge in [0, 0.05) is 25.7 Å². The quantitative estimate of drug-likeness (QED) is 0.915. The maximum Gasteiger partial charge on any atom is 0.123 e. The molecule has 0 radical (unpaired) electrons. The largest absolute Gasteiger partial charge is 0.329 e. The Labute approximate surface area is 112 Å². The van der Waals surface area contributed by atoms with Crippen molar-refractivity contribution in [3.05, 3.63) is 71.0 Å². The maximum absolute atomic E-state index is 13.4. The fourth-order valence-electron chi connectivity index (χ4n) is 2.81. The Morgan fingerprint density at radius 1 is 1.16 bits per heavy atom. The molecule has 2 aromatic carbocycles. The van der Waals surface area contributed by atoms with Crippen molar-refractivity contribution >= 4 is 0 Å². The summed E-state index contributed by atoms with van der Waals surface area (Å²) in [5.74, 6) is -0.182. The van der Waals surface area contributed by atoms with Gasteiger partial charge in [0.1, 0.15) is 5.82 Å². The normalized spacial score (nSPS) is 18.5. The molecular formula is C16H17FN2. The van der Waals surface area contributed by atoms with Crippen molar-refractivity contribution < 1.29 is 4.39 Å². The summed E-state index contributed by atoms with van der Waals surface area (Å²) in [7, 11) is 0. The Morgan fingerprint density at radius 2 is 1.95 bits per heavy atom. The monoisotopic (exact) mass is 256 g/mol. The highest BCUT2D eigenvalue weighted by Crippen LogP contribution is 2.34. The van der Waals surface area contributed by atoms with Crippen LogP contribution in [-0.2, 0) is 13.1 Å². The summed E-state index contributed by atoms with van der Waals surface area (Å²) in [5, 5.41) is 0. The van der Waals surface area contributed by atoms with Crippen LogP contribution < -0.4 is 5.73 Å². The zero-order chi connectivity index (χ0) is 13.2. The standard InChI is InChI=1S/C16H17FN2/c17-14-7-6-13-11-19(16(9-18)15(13)8-14)10-12-4-2-1-3-5-12/h1-8,16H,9-11,18H2. The molecule has 19 heavy (non-hydrogen) atoms. The molecule has 0 saturated heterocycles. The molecule has 0 bridgehead atoms. The number of halogens is 1. The predicted molar refractivity (Wildman–Crippen MR) is 73.9 cm³/mol.